The molecule has 0 radical (unpaired) electrons. The Hall–Kier alpha value is -1.36. The quantitative estimate of drug-likeness (QED) is 0.813. The molecule has 2 aromatic rings. The minimum Gasteiger partial charge on any atom is -0.400 e. The Morgan fingerprint density at radius 1 is 1.36 bits per heavy atom. The number of likely N-dealkylation sites (tertiary alicyclic amines) is 1. The number of benzene rings is 1. The van der Waals surface area contributed by atoms with Crippen LogP contribution < -0.4 is 5.32 Å². The summed E-state index contributed by atoms with van der Waals surface area (Å²) < 4.78 is 0. The van der Waals surface area contributed by atoms with Crippen molar-refractivity contribution in [3.63, 3.8) is 0 Å². The average molecular weight is 303 g/mol. The van der Waals surface area contributed by atoms with Crippen LogP contribution in [0, 0.1) is 6.92 Å². The highest BCUT2D eigenvalue weighted by molar-refractivity contribution is 5.85. The maximum Gasteiger partial charge on any atom is 0.0459 e. The summed E-state index contributed by atoms with van der Waals surface area (Å²) in [7, 11) is 3.20. The highest BCUT2D eigenvalue weighted by Gasteiger charge is 2.18. The SMILES string of the molecule is CCc1[nH]c2ccc(CNC3CCN(C)C3)cc2c1C.CO. The van der Waals surface area contributed by atoms with Crippen molar-refractivity contribution in [2.45, 2.75) is 39.3 Å². The van der Waals surface area contributed by atoms with Gasteiger partial charge in [-0.3, -0.25) is 0 Å². The minimum absolute atomic E-state index is 0.647. The number of rotatable bonds is 4. The lowest BCUT2D eigenvalue weighted by Gasteiger charge is -2.12. The van der Waals surface area contributed by atoms with Crippen molar-refractivity contribution in [1.82, 2.24) is 15.2 Å². The molecule has 1 aromatic heterocycles. The van der Waals surface area contributed by atoms with Crippen LogP contribution in [0.15, 0.2) is 18.2 Å². The van der Waals surface area contributed by atoms with Crippen molar-refractivity contribution in [3.8, 4) is 0 Å². The molecule has 0 saturated carbocycles. The second-order valence-corrected chi connectivity index (χ2v) is 6.09. The number of aryl methyl sites for hydroxylation is 2. The average Bonchev–Trinajstić information content (AvgIpc) is 3.11. The topological polar surface area (TPSA) is 51.3 Å². The molecule has 0 bridgehead atoms. The van der Waals surface area contributed by atoms with E-state index in [9.17, 15) is 0 Å². The standard InChI is InChI=1S/C17H25N3.CH4O/c1-4-16-12(2)15-9-13(5-6-17(15)19-16)10-18-14-7-8-20(3)11-14;1-2/h5-6,9,14,18-19H,4,7-8,10-11H2,1-3H3;2H,1H3. The smallest absolute Gasteiger partial charge is 0.0459 e. The second kappa shape index (κ2) is 7.77. The summed E-state index contributed by atoms with van der Waals surface area (Å²) >= 11 is 0. The molecule has 4 heteroatoms. The molecule has 1 saturated heterocycles. The second-order valence-electron chi connectivity index (χ2n) is 6.09. The van der Waals surface area contributed by atoms with E-state index >= 15 is 0 Å². The Kier molecular flexibility index (Phi) is 6.00. The highest BCUT2D eigenvalue weighted by atomic mass is 16.2. The Morgan fingerprint density at radius 2 is 2.14 bits per heavy atom. The molecule has 0 amide bonds. The Balaban J connectivity index is 0.000000847. The van der Waals surface area contributed by atoms with Gasteiger partial charge in [-0.25, -0.2) is 0 Å². The third-order valence-corrected chi connectivity index (χ3v) is 4.57. The first-order valence-corrected chi connectivity index (χ1v) is 8.14. The fourth-order valence-corrected chi connectivity index (χ4v) is 3.26. The summed E-state index contributed by atoms with van der Waals surface area (Å²) in [6.07, 6.45) is 2.34. The zero-order chi connectivity index (χ0) is 16.1. The van der Waals surface area contributed by atoms with Crippen LogP contribution in [0.25, 0.3) is 10.9 Å². The molecule has 1 fully saturated rings. The molecule has 2 heterocycles. The van der Waals surface area contributed by atoms with Crippen molar-refractivity contribution in [2.75, 3.05) is 27.2 Å². The van der Waals surface area contributed by atoms with Crippen LogP contribution in [0.1, 0.15) is 30.2 Å². The molecule has 1 aromatic carbocycles. The van der Waals surface area contributed by atoms with Crippen LogP contribution in [0.4, 0.5) is 0 Å². The van der Waals surface area contributed by atoms with Crippen molar-refractivity contribution in [3.05, 3.63) is 35.0 Å². The highest BCUT2D eigenvalue weighted by Crippen LogP contribution is 2.23. The van der Waals surface area contributed by atoms with Gasteiger partial charge in [0, 0.05) is 42.8 Å². The number of H-pyrrole nitrogens is 1. The first-order valence-electron chi connectivity index (χ1n) is 8.14. The van der Waals surface area contributed by atoms with Crippen LogP contribution in [0.3, 0.4) is 0 Å². The number of aliphatic hydroxyl groups excluding tert-OH is 1. The van der Waals surface area contributed by atoms with E-state index < -0.39 is 0 Å². The van der Waals surface area contributed by atoms with E-state index in [0.717, 1.165) is 20.1 Å². The predicted molar refractivity (Wildman–Crippen MR) is 93.3 cm³/mol. The van der Waals surface area contributed by atoms with Gasteiger partial charge in [-0.1, -0.05) is 13.0 Å². The fraction of sp³-hybridized carbons (Fsp3) is 0.556. The van der Waals surface area contributed by atoms with Gasteiger partial charge < -0.3 is 20.3 Å². The summed E-state index contributed by atoms with van der Waals surface area (Å²) in [4.78, 5) is 5.91. The normalized spacial score (nSPS) is 18.5. The van der Waals surface area contributed by atoms with Crippen LogP contribution in [-0.2, 0) is 13.0 Å². The molecule has 1 aliphatic heterocycles. The van der Waals surface area contributed by atoms with Gasteiger partial charge in [0.1, 0.15) is 0 Å². The summed E-state index contributed by atoms with van der Waals surface area (Å²) in [5, 5.41) is 12.1. The van der Waals surface area contributed by atoms with E-state index in [2.05, 4.69) is 54.3 Å². The van der Waals surface area contributed by atoms with E-state index in [0.29, 0.717) is 6.04 Å². The third kappa shape index (κ3) is 3.69. The molecule has 0 spiro atoms. The van der Waals surface area contributed by atoms with Gasteiger partial charge in [0.05, 0.1) is 0 Å². The van der Waals surface area contributed by atoms with E-state index in [1.165, 1.54) is 47.2 Å². The number of likely N-dealkylation sites (N-methyl/N-ethyl adjacent to an activating group) is 1. The lowest BCUT2D eigenvalue weighted by Crippen LogP contribution is -2.30. The van der Waals surface area contributed by atoms with Crippen LogP contribution in [0.2, 0.25) is 0 Å². The number of nitrogens with one attached hydrogen (secondary N) is 2. The summed E-state index contributed by atoms with van der Waals surface area (Å²) in [6.45, 7) is 7.79. The molecular formula is C18H29N3O. The fourth-order valence-electron chi connectivity index (χ4n) is 3.26. The van der Waals surface area contributed by atoms with Crippen molar-refractivity contribution >= 4 is 10.9 Å². The number of hydrogen-bond donors (Lipinski definition) is 3. The summed E-state index contributed by atoms with van der Waals surface area (Å²) in [5.41, 5.74) is 5.42. The maximum atomic E-state index is 7.00. The van der Waals surface area contributed by atoms with Crippen LogP contribution in [-0.4, -0.2) is 48.3 Å². The molecule has 22 heavy (non-hydrogen) atoms. The van der Waals surface area contributed by atoms with Gasteiger partial charge in [0.25, 0.3) is 0 Å². The van der Waals surface area contributed by atoms with Gasteiger partial charge in [0.2, 0.25) is 0 Å². The van der Waals surface area contributed by atoms with Crippen LogP contribution in [0.5, 0.6) is 0 Å². The first-order chi connectivity index (χ1) is 10.7. The zero-order valence-corrected chi connectivity index (χ0v) is 14.2. The maximum absolute atomic E-state index is 7.00. The first kappa shape index (κ1) is 17.0. The number of aliphatic hydroxyl groups is 1. The molecule has 3 N–H and O–H groups in total. The predicted octanol–water partition coefficient (Wildman–Crippen LogP) is 2.44. The van der Waals surface area contributed by atoms with Crippen LogP contribution >= 0.6 is 0 Å². The molecule has 1 atom stereocenters. The number of aromatic amines is 1. The Morgan fingerprint density at radius 3 is 2.77 bits per heavy atom. The lowest BCUT2D eigenvalue weighted by molar-refractivity contribution is 0.397. The van der Waals surface area contributed by atoms with E-state index in [4.69, 9.17) is 5.11 Å². The minimum atomic E-state index is 0.647. The molecule has 1 aliphatic rings. The van der Waals surface area contributed by atoms with E-state index in [1.54, 1.807) is 0 Å². The largest absolute Gasteiger partial charge is 0.400 e. The molecule has 0 aliphatic carbocycles. The van der Waals surface area contributed by atoms with Gasteiger partial charge in [0.15, 0.2) is 0 Å². The van der Waals surface area contributed by atoms with Gasteiger partial charge in [-0.05, 0) is 56.6 Å². The molecule has 3 rings (SSSR count). The summed E-state index contributed by atoms with van der Waals surface area (Å²) in [5.74, 6) is 0. The third-order valence-electron chi connectivity index (χ3n) is 4.57. The van der Waals surface area contributed by atoms with E-state index in [-0.39, 0.29) is 0 Å². The molecule has 4 nitrogen and oxygen atoms in total. The van der Waals surface area contributed by atoms with E-state index in [1.807, 2.05) is 0 Å². The van der Waals surface area contributed by atoms with Gasteiger partial charge >= 0.3 is 0 Å². The molecule has 122 valence electrons. The number of fused-ring (bicyclic) bond motifs is 1. The van der Waals surface area contributed by atoms with Gasteiger partial charge in [-0.15, -0.1) is 0 Å². The van der Waals surface area contributed by atoms with Crippen molar-refractivity contribution in [2.24, 2.45) is 0 Å². The van der Waals surface area contributed by atoms with Crippen molar-refractivity contribution in [1.29, 1.82) is 0 Å². The zero-order valence-electron chi connectivity index (χ0n) is 14.2. The Bertz CT molecular complexity index is 606. The lowest BCUT2D eigenvalue weighted by atomic mass is 10.1. The number of hydrogen-bond acceptors (Lipinski definition) is 3. The van der Waals surface area contributed by atoms with Crippen molar-refractivity contribution < 1.29 is 5.11 Å². The number of aromatic nitrogens is 1. The Labute approximate surface area is 133 Å². The molecule has 1 unspecified atom stereocenters. The molecular weight excluding hydrogens is 274 g/mol. The number of nitrogens with zero attached hydrogens (tertiary/aromatic N) is 1. The summed E-state index contributed by atoms with van der Waals surface area (Å²) in [6, 6.07) is 7.45. The van der Waals surface area contributed by atoms with Gasteiger partial charge in [-0.2, -0.15) is 0 Å². The monoisotopic (exact) mass is 303 g/mol.